The zero-order chi connectivity index (χ0) is 25.1. The van der Waals surface area contributed by atoms with Crippen LogP contribution in [0.5, 0.6) is 0 Å². The van der Waals surface area contributed by atoms with Crippen LogP contribution in [0.1, 0.15) is 37.2 Å². The van der Waals surface area contributed by atoms with Crippen LogP contribution in [0.4, 0.5) is 0 Å². The summed E-state index contributed by atoms with van der Waals surface area (Å²) in [5.74, 6) is 0. The number of nitrogens with one attached hydrogen (secondary N) is 1. The van der Waals surface area contributed by atoms with E-state index in [1.165, 1.54) is 7.11 Å². The highest BCUT2D eigenvalue weighted by Crippen LogP contribution is 2.39. The van der Waals surface area contributed by atoms with Crippen LogP contribution < -0.4 is 10.5 Å². The molecule has 0 radical (unpaired) electrons. The Morgan fingerprint density at radius 3 is 3.13 bits per heavy atom. The lowest BCUT2D eigenvalue weighted by atomic mass is 10.1. The van der Waals surface area contributed by atoms with Crippen molar-refractivity contribution in [2.24, 2.45) is 5.14 Å². The molecule has 0 saturated heterocycles. The predicted molar refractivity (Wildman–Crippen MR) is 87.4 cm³/mol. The summed E-state index contributed by atoms with van der Waals surface area (Å²) in [6, 6.07) is -4.38. The van der Waals surface area contributed by atoms with E-state index < -0.39 is 72.5 Å². The van der Waals surface area contributed by atoms with Crippen molar-refractivity contribution in [1.82, 2.24) is 9.62 Å². The van der Waals surface area contributed by atoms with Crippen molar-refractivity contribution in [1.29, 1.82) is 0 Å². The van der Waals surface area contributed by atoms with E-state index >= 15 is 0 Å². The minimum absolute atomic E-state index is 0.00424. The molecule has 0 spiro atoms. The van der Waals surface area contributed by atoms with Gasteiger partial charge in [-0.1, -0.05) is 6.85 Å². The SMILES string of the molecule is [2H]c1c(S(N)(=O)=O)sc2c1[C@@]([2H])(NC([2H])([2H])C([2H])([2H])[2H])C([2H])([2H])N(CCCOC)S2(=O)=O. The number of thiophene rings is 1. The molecule has 0 aliphatic carbocycles. The summed E-state index contributed by atoms with van der Waals surface area (Å²) in [7, 11) is -8.21. The number of ether oxygens (including phenoxy) is 1. The van der Waals surface area contributed by atoms with Crippen molar-refractivity contribution in [3.63, 3.8) is 0 Å². The van der Waals surface area contributed by atoms with Crippen LogP contribution in [0.2, 0.25) is 0 Å². The lowest BCUT2D eigenvalue weighted by molar-refractivity contribution is 0.185. The molecule has 23 heavy (non-hydrogen) atoms. The summed E-state index contributed by atoms with van der Waals surface area (Å²) in [5.41, 5.74) is -1.05. The third kappa shape index (κ3) is 3.92. The third-order valence-electron chi connectivity index (χ3n) is 2.78. The van der Waals surface area contributed by atoms with Gasteiger partial charge in [-0.3, -0.25) is 0 Å². The quantitative estimate of drug-likeness (QED) is 0.635. The molecule has 1 aromatic rings. The number of nitrogens with two attached hydrogens (primary N) is 1. The van der Waals surface area contributed by atoms with Crippen LogP contribution in [0, 0.1) is 0 Å². The van der Waals surface area contributed by atoms with Gasteiger partial charge >= 0.3 is 0 Å². The van der Waals surface area contributed by atoms with Gasteiger partial charge in [0, 0.05) is 47.9 Å². The van der Waals surface area contributed by atoms with Gasteiger partial charge in [-0.15, -0.1) is 11.3 Å². The van der Waals surface area contributed by atoms with E-state index in [1.54, 1.807) is 5.32 Å². The monoisotopic (exact) mass is 392 g/mol. The Morgan fingerprint density at radius 2 is 2.52 bits per heavy atom. The number of primary sulfonamides is 1. The largest absolute Gasteiger partial charge is 0.385 e. The fourth-order valence-corrected chi connectivity index (χ4v) is 5.64. The van der Waals surface area contributed by atoms with Crippen LogP contribution in [0.25, 0.3) is 0 Å². The normalized spacial score (nSPS) is 33.6. The molecule has 1 aliphatic heterocycles. The number of likely N-dealkylation sites (N-methyl/N-ethyl adjacent to an activating group) is 1. The molecule has 0 fully saturated rings. The van der Waals surface area contributed by atoms with Gasteiger partial charge in [0.2, 0.25) is 10.0 Å². The minimum Gasteiger partial charge on any atom is -0.385 e. The maximum absolute atomic E-state index is 13.2. The second kappa shape index (κ2) is 7.13. The molecule has 132 valence electrons. The second-order valence-corrected chi connectivity index (χ2v) is 9.22. The van der Waals surface area contributed by atoms with Crippen LogP contribution in [-0.4, -0.2) is 54.4 Å². The Morgan fingerprint density at radius 1 is 1.78 bits per heavy atom. The minimum atomic E-state index is -4.84. The molecule has 0 amide bonds. The van der Waals surface area contributed by atoms with Crippen molar-refractivity contribution in [2.45, 2.75) is 27.7 Å². The summed E-state index contributed by atoms with van der Waals surface area (Å²) >= 11 is 0.00424. The van der Waals surface area contributed by atoms with Gasteiger partial charge < -0.3 is 10.1 Å². The number of methoxy groups -OCH3 is 1. The first-order valence-electron chi connectivity index (χ1n) is 10.6. The van der Waals surface area contributed by atoms with E-state index in [4.69, 9.17) is 22.2 Å². The average Bonchev–Trinajstić information content (AvgIpc) is 2.94. The molecule has 0 aromatic carbocycles. The molecule has 0 bridgehead atoms. The molecule has 0 unspecified atom stereocenters. The number of nitrogens with zero attached hydrogens (tertiary/aromatic N) is 1. The summed E-state index contributed by atoms with van der Waals surface area (Å²) in [6.07, 6.45) is -0.0615. The topological polar surface area (TPSA) is 119 Å². The zero-order valence-electron chi connectivity index (χ0n) is 20.9. The molecule has 2 heterocycles. The molecular weight excluding hydrogens is 362 g/mol. The number of hydrogen-bond donors (Lipinski definition) is 2. The summed E-state index contributed by atoms with van der Waals surface area (Å²) in [4.78, 5) is 0. The Labute approximate surface area is 153 Å². The van der Waals surface area contributed by atoms with Crippen LogP contribution in [-0.2, 0) is 24.8 Å². The smallest absolute Gasteiger partial charge is 0.252 e. The van der Waals surface area contributed by atoms with Crippen molar-refractivity contribution < 1.29 is 33.9 Å². The van der Waals surface area contributed by atoms with Crippen LogP contribution >= 0.6 is 11.3 Å². The lowest BCUT2D eigenvalue weighted by Crippen LogP contribution is -2.43. The molecule has 2 rings (SSSR count). The third-order valence-corrected chi connectivity index (χ3v) is 7.43. The fourth-order valence-electron chi connectivity index (χ4n) is 1.81. The van der Waals surface area contributed by atoms with E-state index in [0.29, 0.717) is 0 Å². The van der Waals surface area contributed by atoms with Crippen molar-refractivity contribution in [3.8, 4) is 0 Å². The second-order valence-electron chi connectivity index (χ2n) is 4.38. The van der Waals surface area contributed by atoms with E-state index in [1.807, 2.05) is 0 Å². The Kier molecular flexibility index (Phi) is 3.04. The highest BCUT2D eigenvalue weighted by Gasteiger charge is 2.39. The first-order valence-corrected chi connectivity index (χ1v) is 9.94. The zero-order valence-corrected chi connectivity index (χ0v) is 14.4. The number of fused-ring (bicyclic) bond motifs is 1. The molecule has 8 nitrogen and oxygen atoms in total. The van der Waals surface area contributed by atoms with Gasteiger partial charge in [-0.05, 0) is 19.0 Å². The number of sulfonamides is 2. The average molecular weight is 393 g/mol. The maximum Gasteiger partial charge on any atom is 0.252 e. The molecule has 0 saturated carbocycles. The van der Waals surface area contributed by atoms with Gasteiger partial charge in [0.15, 0.2) is 0 Å². The molecular formula is C12H21N3O5S3. The van der Waals surface area contributed by atoms with E-state index in [2.05, 4.69) is 0 Å². The molecule has 1 aromatic heterocycles. The first-order chi connectivity index (χ1) is 14.2. The molecule has 11 heteroatoms. The van der Waals surface area contributed by atoms with E-state index in [9.17, 15) is 16.8 Å². The highest BCUT2D eigenvalue weighted by molar-refractivity contribution is 7.94. The van der Waals surface area contributed by atoms with Crippen molar-refractivity contribution >= 4 is 31.4 Å². The van der Waals surface area contributed by atoms with E-state index in [0.717, 1.165) is 0 Å². The van der Waals surface area contributed by atoms with Gasteiger partial charge in [-0.2, -0.15) is 4.31 Å². The van der Waals surface area contributed by atoms with Crippen LogP contribution in [0.15, 0.2) is 14.5 Å². The standard InChI is InChI=1S/C12H21N3O5S3/c1-3-14-10-8-15(5-4-6-20-2)23(18,19)12-9(10)7-11(21-12)22(13,16)17/h7,10,14H,3-6,8H2,1-2H3,(H2,13,16,17)/t10-/m0/s1/i1D3,3D2,7D,8D2,10D. The van der Waals surface area contributed by atoms with Gasteiger partial charge in [0.25, 0.3) is 10.0 Å². The van der Waals surface area contributed by atoms with Gasteiger partial charge in [0.1, 0.15) is 8.42 Å². The summed E-state index contributed by atoms with van der Waals surface area (Å²) < 4.78 is 125. The van der Waals surface area contributed by atoms with Gasteiger partial charge in [0.05, 0.1) is 2.74 Å². The Hall–Kier alpha value is -0.560. The van der Waals surface area contributed by atoms with Crippen molar-refractivity contribution in [3.05, 3.63) is 11.6 Å². The summed E-state index contributed by atoms with van der Waals surface area (Å²) in [5, 5.41) is 6.74. The number of rotatable bonds is 7. The lowest BCUT2D eigenvalue weighted by Gasteiger charge is -2.32. The number of hydrogen-bond acceptors (Lipinski definition) is 7. The first kappa shape index (κ1) is 9.80. The van der Waals surface area contributed by atoms with Gasteiger partial charge in [-0.25, -0.2) is 22.0 Å². The maximum atomic E-state index is 13.2. The fraction of sp³-hybridized carbons (Fsp3) is 0.667. The Bertz CT molecular complexity index is 1100. The summed E-state index contributed by atoms with van der Waals surface area (Å²) in [6.45, 7) is -10.8. The van der Waals surface area contributed by atoms with Crippen LogP contribution in [0.3, 0.4) is 0 Å². The predicted octanol–water partition coefficient (Wildman–Crippen LogP) is 0.0869. The molecule has 1 atom stereocenters. The highest BCUT2D eigenvalue weighted by atomic mass is 32.3. The molecule has 3 N–H and O–H groups in total. The Balaban J connectivity index is 2.92. The molecule has 1 aliphatic rings. The van der Waals surface area contributed by atoms with Crippen molar-refractivity contribution in [2.75, 3.05) is 33.3 Å². The van der Waals surface area contributed by atoms with E-state index in [-0.39, 0.29) is 28.7 Å².